The van der Waals surface area contributed by atoms with E-state index >= 15 is 0 Å². The first-order valence-corrected chi connectivity index (χ1v) is 10.5. The number of carbonyl (C=O) groups is 3. The summed E-state index contributed by atoms with van der Waals surface area (Å²) in [6, 6.07) is 0. The van der Waals surface area contributed by atoms with Gasteiger partial charge in [0.1, 0.15) is 0 Å². The summed E-state index contributed by atoms with van der Waals surface area (Å²) in [6.07, 6.45) is 3.36. The molecule has 0 bridgehead atoms. The van der Waals surface area contributed by atoms with Gasteiger partial charge in [-0.25, -0.2) is 0 Å². The van der Waals surface area contributed by atoms with Crippen molar-refractivity contribution in [2.75, 3.05) is 72.0 Å². The van der Waals surface area contributed by atoms with Crippen LogP contribution in [0.2, 0.25) is 0 Å². The number of aromatic nitrogens is 2. The molecule has 0 atom stereocenters. The fourth-order valence-corrected chi connectivity index (χ4v) is 3.61. The molecule has 2 rings (SSSR count). The number of nitrogens with zero attached hydrogens (tertiary/aromatic N) is 6. The van der Waals surface area contributed by atoms with Crippen LogP contribution in [0, 0.1) is 6.92 Å². The molecule has 1 aromatic heterocycles. The van der Waals surface area contributed by atoms with Gasteiger partial charge in [0.25, 0.3) is 0 Å². The Kier molecular flexibility index (Phi) is 10.4. The predicted molar refractivity (Wildman–Crippen MR) is 114 cm³/mol. The molecule has 0 spiro atoms. The van der Waals surface area contributed by atoms with Gasteiger partial charge in [-0.15, -0.1) is 0 Å². The van der Waals surface area contributed by atoms with Crippen LogP contribution in [0.1, 0.15) is 11.4 Å². The van der Waals surface area contributed by atoms with Crippen molar-refractivity contribution in [3.63, 3.8) is 0 Å². The van der Waals surface area contributed by atoms with Gasteiger partial charge >= 0.3 is 17.9 Å². The Labute approximate surface area is 187 Å². The normalized spacial score (nSPS) is 18.5. The Morgan fingerprint density at radius 3 is 1.44 bits per heavy atom. The van der Waals surface area contributed by atoms with Gasteiger partial charge in [-0.05, 0) is 6.92 Å². The van der Waals surface area contributed by atoms with Crippen LogP contribution in [-0.4, -0.2) is 135 Å². The quantitative estimate of drug-likeness (QED) is 0.433. The summed E-state index contributed by atoms with van der Waals surface area (Å²) < 4.78 is 0. The Hall–Kier alpha value is -2.67. The first-order valence-electron chi connectivity index (χ1n) is 10.5. The van der Waals surface area contributed by atoms with E-state index in [9.17, 15) is 29.7 Å². The molecule has 1 aliphatic heterocycles. The van der Waals surface area contributed by atoms with E-state index in [0.717, 1.165) is 11.4 Å². The molecule has 0 aliphatic carbocycles. The molecule has 12 nitrogen and oxygen atoms in total. The van der Waals surface area contributed by atoms with Crippen molar-refractivity contribution in [1.29, 1.82) is 0 Å². The number of carboxylic acids is 3. The molecule has 0 aromatic carbocycles. The summed E-state index contributed by atoms with van der Waals surface area (Å²) in [6.45, 7) is 5.55. The van der Waals surface area contributed by atoms with E-state index in [2.05, 4.69) is 14.9 Å². The number of hydrogen-bond acceptors (Lipinski definition) is 9. The maximum absolute atomic E-state index is 11.3. The SMILES string of the molecule is Cc1cncc(CN2CCN(CC(=O)O)CCN(CC(=O)O)CCN(CC(=O)O)CC2)n1. The lowest BCUT2D eigenvalue weighted by atomic mass is 10.3. The van der Waals surface area contributed by atoms with E-state index in [-0.39, 0.29) is 19.6 Å². The summed E-state index contributed by atoms with van der Waals surface area (Å²) in [7, 11) is 0. The van der Waals surface area contributed by atoms with Crippen molar-refractivity contribution in [2.24, 2.45) is 0 Å². The summed E-state index contributed by atoms with van der Waals surface area (Å²) >= 11 is 0. The zero-order chi connectivity index (χ0) is 23.5. The van der Waals surface area contributed by atoms with Gasteiger partial charge < -0.3 is 15.3 Å². The molecular weight excluding hydrogens is 420 g/mol. The van der Waals surface area contributed by atoms with Crippen molar-refractivity contribution in [3.05, 3.63) is 23.8 Å². The second-order valence-corrected chi connectivity index (χ2v) is 7.94. The predicted octanol–water partition coefficient (Wildman–Crippen LogP) is -1.24. The van der Waals surface area contributed by atoms with E-state index < -0.39 is 17.9 Å². The third-order valence-corrected chi connectivity index (χ3v) is 5.20. The first-order chi connectivity index (χ1) is 15.2. The minimum Gasteiger partial charge on any atom is -0.480 e. The van der Waals surface area contributed by atoms with Crippen molar-refractivity contribution in [3.8, 4) is 0 Å². The minimum absolute atomic E-state index is 0.135. The third kappa shape index (κ3) is 10.1. The number of aryl methyl sites for hydroxylation is 1. The van der Waals surface area contributed by atoms with E-state index in [1.165, 1.54) is 0 Å². The smallest absolute Gasteiger partial charge is 0.317 e. The zero-order valence-corrected chi connectivity index (χ0v) is 18.4. The highest BCUT2D eigenvalue weighted by Gasteiger charge is 2.20. The highest BCUT2D eigenvalue weighted by Crippen LogP contribution is 2.05. The lowest BCUT2D eigenvalue weighted by Crippen LogP contribution is -2.48. The highest BCUT2D eigenvalue weighted by molar-refractivity contribution is 5.69. The van der Waals surface area contributed by atoms with E-state index in [4.69, 9.17) is 0 Å². The average Bonchev–Trinajstić information content (AvgIpc) is 2.69. The van der Waals surface area contributed by atoms with Crippen LogP contribution in [0.25, 0.3) is 0 Å². The largest absolute Gasteiger partial charge is 0.480 e. The van der Waals surface area contributed by atoms with Crippen LogP contribution < -0.4 is 0 Å². The summed E-state index contributed by atoms with van der Waals surface area (Å²) in [5.74, 6) is -2.85. The standard InChI is InChI=1S/C20H32N6O6/c1-16-10-21-11-17(22-16)12-23-2-4-24(13-18(27)28)6-8-26(15-20(31)32)9-7-25(5-3-23)14-19(29)30/h10-11H,2-9,12-15H2,1H3,(H,27,28)(H,29,30)(H,31,32). The van der Waals surface area contributed by atoms with Crippen LogP contribution in [0.3, 0.4) is 0 Å². The monoisotopic (exact) mass is 452 g/mol. The second kappa shape index (κ2) is 13.0. The maximum Gasteiger partial charge on any atom is 0.317 e. The molecule has 178 valence electrons. The van der Waals surface area contributed by atoms with Crippen LogP contribution in [0.15, 0.2) is 12.4 Å². The molecule has 2 heterocycles. The molecule has 12 heteroatoms. The summed E-state index contributed by atoms with van der Waals surface area (Å²) in [4.78, 5) is 49.9. The number of hydrogen-bond donors (Lipinski definition) is 3. The Morgan fingerprint density at radius 2 is 1.09 bits per heavy atom. The highest BCUT2D eigenvalue weighted by atomic mass is 16.4. The summed E-state index contributed by atoms with van der Waals surface area (Å²) in [5, 5.41) is 27.7. The summed E-state index contributed by atoms with van der Waals surface area (Å²) in [5.41, 5.74) is 1.59. The van der Waals surface area contributed by atoms with E-state index in [0.29, 0.717) is 58.9 Å². The van der Waals surface area contributed by atoms with Gasteiger partial charge in [0.15, 0.2) is 0 Å². The van der Waals surface area contributed by atoms with Crippen molar-refractivity contribution in [1.82, 2.24) is 29.6 Å². The van der Waals surface area contributed by atoms with Gasteiger partial charge in [0.2, 0.25) is 0 Å². The molecule has 3 N–H and O–H groups in total. The van der Waals surface area contributed by atoms with Crippen molar-refractivity contribution < 1.29 is 29.7 Å². The fourth-order valence-electron chi connectivity index (χ4n) is 3.61. The molecule has 0 unspecified atom stereocenters. The zero-order valence-electron chi connectivity index (χ0n) is 18.4. The minimum atomic E-state index is -0.975. The molecule has 0 radical (unpaired) electrons. The van der Waals surface area contributed by atoms with E-state index in [1.54, 1.807) is 27.1 Å². The molecule has 0 amide bonds. The number of aliphatic carboxylic acids is 3. The Bertz CT molecular complexity index is 747. The van der Waals surface area contributed by atoms with Crippen molar-refractivity contribution >= 4 is 17.9 Å². The first kappa shape index (κ1) is 25.6. The van der Waals surface area contributed by atoms with Gasteiger partial charge in [0.05, 0.1) is 31.0 Å². The van der Waals surface area contributed by atoms with Crippen LogP contribution >= 0.6 is 0 Å². The van der Waals surface area contributed by atoms with Crippen molar-refractivity contribution in [2.45, 2.75) is 13.5 Å². The topological polar surface area (TPSA) is 151 Å². The number of rotatable bonds is 8. The lowest BCUT2D eigenvalue weighted by Gasteiger charge is -2.33. The molecule has 32 heavy (non-hydrogen) atoms. The lowest BCUT2D eigenvalue weighted by molar-refractivity contribution is -0.140. The van der Waals surface area contributed by atoms with Gasteiger partial charge in [0, 0.05) is 71.3 Å². The van der Waals surface area contributed by atoms with Crippen LogP contribution in [-0.2, 0) is 20.9 Å². The fraction of sp³-hybridized carbons (Fsp3) is 0.650. The molecule has 1 aromatic rings. The van der Waals surface area contributed by atoms with Crippen LogP contribution in [0.5, 0.6) is 0 Å². The molecule has 0 saturated carbocycles. The third-order valence-electron chi connectivity index (χ3n) is 5.20. The number of carboxylic acid groups (broad SMARTS) is 3. The Balaban J connectivity index is 2.16. The molecule has 1 aliphatic rings. The molecule has 1 fully saturated rings. The maximum atomic E-state index is 11.3. The molecular formula is C20H32N6O6. The second-order valence-electron chi connectivity index (χ2n) is 7.94. The van der Waals surface area contributed by atoms with Crippen LogP contribution in [0.4, 0.5) is 0 Å². The molecule has 1 saturated heterocycles. The van der Waals surface area contributed by atoms with Gasteiger partial charge in [-0.3, -0.25) is 44.0 Å². The van der Waals surface area contributed by atoms with E-state index in [1.807, 2.05) is 6.92 Å². The Morgan fingerprint density at radius 1 is 0.719 bits per heavy atom. The van der Waals surface area contributed by atoms with Gasteiger partial charge in [-0.1, -0.05) is 0 Å². The average molecular weight is 453 g/mol. The van der Waals surface area contributed by atoms with Gasteiger partial charge in [-0.2, -0.15) is 0 Å².